The van der Waals surface area contributed by atoms with E-state index in [4.69, 9.17) is 0 Å². The summed E-state index contributed by atoms with van der Waals surface area (Å²) in [6.07, 6.45) is 4.45. The Bertz CT molecular complexity index is 530. The molecule has 0 aliphatic rings. The van der Waals surface area contributed by atoms with E-state index in [-0.39, 0.29) is 11.9 Å². The molecule has 18 heavy (non-hydrogen) atoms. The summed E-state index contributed by atoms with van der Waals surface area (Å²) in [6.45, 7) is 2.75. The quantitative estimate of drug-likeness (QED) is 0.831. The summed E-state index contributed by atoms with van der Waals surface area (Å²) in [5, 5.41) is 12.9. The molecule has 92 valence electrons. The number of carbonyl (C=O) groups excluding carboxylic acids is 1. The fraction of sp³-hybridized carbons (Fsp3) is 0.182. The minimum atomic E-state index is -0.372. The van der Waals surface area contributed by atoms with Gasteiger partial charge in [-0.1, -0.05) is 0 Å². The van der Waals surface area contributed by atoms with E-state index in [1.807, 2.05) is 6.92 Å². The summed E-state index contributed by atoms with van der Waals surface area (Å²) < 4.78 is 0. The molecule has 0 aliphatic heterocycles. The Morgan fingerprint density at radius 1 is 1.28 bits per heavy atom. The molecule has 0 bridgehead atoms. The van der Waals surface area contributed by atoms with Crippen molar-refractivity contribution in [1.29, 1.82) is 0 Å². The van der Waals surface area contributed by atoms with Crippen LogP contribution in [0, 0.1) is 0 Å². The first-order valence-corrected chi connectivity index (χ1v) is 5.44. The first-order chi connectivity index (χ1) is 8.79. The highest BCUT2D eigenvalue weighted by Crippen LogP contribution is 2.08. The lowest BCUT2D eigenvalue weighted by Gasteiger charge is -2.05. The molecule has 7 nitrogen and oxygen atoms in total. The van der Waals surface area contributed by atoms with Crippen molar-refractivity contribution in [1.82, 2.24) is 20.2 Å². The van der Waals surface area contributed by atoms with Gasteiger partial charge in [-0.15, -0.1) is 5.10 Å². The molecule has 0 spiro atoms. The molecule has 0 aliphatic carbocycles. The molecule has 2 aromatic rings. The van der Waals surface area contributed by atoms with Crippen LogP contribution in [0.1, 0.15) is 17.4 Å². The van der Waals surface area contributed by atoms with Gasteiger partial charge in [-0.2, -0.15) is 5.10 Å². The fourth-order valence-corrected chi connectivity index (χ4v) is 1.34. The second kappa shape index (κ2) is 5.67. The third-order valence-electron chi connectivity index (χ3n) is 2.08. The number of hydrogen-bond donors (Lipinski definition) is 2. The van der Waals surface area contributed by atoms with Crippen molar-refractivity contribution in [2.45, 2.75) is 6.92 Å². The van der Waals surface area contributed by atoms with Crippen LogP contribution in [0.3, 0.4) is 0 Å². The Hall–Kier alpha value is -2.57. The molecule has 2 rings (SSSR count). The topological polar surface area (TPSA) is 92.7 Å². The van der Waals surface area contributed by atoms with E-state index in [2.05, 4.69) is 30.8 Å². The molecule has 0 saturated heterocycles. The smallest absolute Gasteiger partial charge is 0.276 e. The SMILES string of the molecule is CCNc1ccnc(C(=O)Nc2nccnn2)c1. The van der Waals surface area contributed by atoms with Gasteiger partial charge in [-0.25, -0.2) is 4.98 Å². The highest BCUT2D eigenvalue weighted by Gasteiger charge is 2.09. The number of aromatic nitrogens is 4. The average Bonchev–Trinajstić information content (AvgIpc) is 2.40. The highest BCUT2D eigenvalue weighted by molar-refractivity contribution is 6.02. The van der Waals surface area contributed by atoms with Gasteiger partial charge in [0, 0.05) is 18.4 Å². The zero-order chi connectivity index (χ0) is 12.8. The zero-order valence-corrected chi connectivity index (χ0v) is 9.79. The van der Waals surface area contributed by atoms with Gasteiger partial charge < -0.3 is 5.32 Å². The maximum absolute atomic E-state index is 11.9. The number of nitrogens with one attached hydrogen (secondary N) is 2. The van der Waals surface area contributed by atoms with Crippen LogP contribution in [0.4, 0.5) is 11.6 Å². The van der Waals surface area contributed by atoms with Gasteiger partial charge in [0.05, 0.1) is 12.4 Å². The molecule has 0 unspecified atom stereocenters. The number of hydrogen-bond acceptors (Lipinski definition) is 6. The Morgan fingerprint density at radius 2 is 2.17 bits per heavy atom. The Balaban J connectivity index is 2.11. The van der Waals surface area contributed by atoms with E-state index in [0.717, 1.165) is 12.2 Å². The minimum Gasteiger partial charge on any atom is -0.385 e. The number of pyridine rings is 1. The third kappa shape index (κ3) is 2.97. The van der Waals surface area contributed by atoms with E-state index in [0.29, 0.717) is 5.69 Å². The van der Waals surface area contributed by atoms with Crippen LogP contribution in [-0.2, 0) is 0 Å². The second-order valence-electron chi connectivity index (χ2n) is 3.38. The molecule has 7 heteroatoms. The molecule has 0 fully saturated rings. The third-order valence-corrected chi connectivity index (χ3v) is 2.08. The van der Waals surface area contributed by atoms with Crippen molar-refractivity contribution in [3.8, 4) is 0 Å². The number of rotatable bonds is 4. The van der Waals surface area contributed by atoms with Gasteiger partial charge in [0.1, 0.15) is 5.69 Å². The summed E-state index contributed by atoms with van der Waals surface area (Å²) in [4.78, 5) is 19.7. The predicted molar refractivity (Wildman–Crippen MR) is 66.2 cm³/mol. The van der Waals surface area contributed by atoms with Crippen LogP contribution in [-0.4, -0.2) is 32.6 Å². The van der Waals surface area contributed by atoms with Crippen LogP contribution in [0.25, 0.3) is 0 Å². The highest BCUT2D eigenvalue weighted by atomic mass is 16.2. The Labute approximate surface area is 104 Å². The predicted octanol–water partition coefficient (Wildman–Crippen LogP) is 0.951. The molecule has 1 amide bonds. The summed E-state index contributed by atoms with van der Waals surface area (Å²) in [5.41, 5.74) is 1.13. The molecule has 2 aromatic heterocycles. The van der Waals surface area contributed by atoms with Crippen molar-refractivity contribution in [2.24, 2.45) is 0 Å². The molecule has 2 N–H and O–H groups in total. The van der Waals surface area contributed by atoms with E-state index in [1.165, 1.54) is 12.4 Å². The molecular formula is C11H12N6O. The van der Waals surface area contributed by atoms with Crippen LogP contribution in [0.15, 0.2) is 30.7 Å². The van der Waals surface area contributed by atoms with Gasteiger partial charge in [-0.3, -0.25) is 15.1 Å². The summed E-state index contributed by atoms with van der Waals surface area (Å²) in [7, 11) is 0. The van der Waals surface area contributed by atoms with Crippen LogP contribution >= 0.6 is 0 Å². The van der Waals surface area contributed by atoms with Crippen molar-refractivity contribution >= 4 is 17.5 Å². The fourth-order valence-electron chi connectivity index (χ4n) is 1.34. The van der Waals surface area contributed by atoms with Crippen molar-refractivity contribution < 1.29 is 4.79 Å². The summed E-state index contributed by atoms with van der Waals surface area (Å²) >= 11 is 0. The first kappa shape index (κ1) is 11.9. The number of nitrogens with zero attached hydrogens (tertiary/aromatic N) is 4. The van der Waals surface area contributed by atoms with E-state index in [9.17, 15) is 4.79 Å². The molecular weight excluding hydrogens is 232 g/mol. The van der Waals surface area contributed by atoms with Crippen LogP contribution in [0.5, 0.6) is 0 Å². The van der Waals surface area contributed by atoms with Gasteiger partial charge in [0.15, 0.2) is 0 Å². The van der Waals surface area contributed by atoms with Gasteiger partial charge in [0.25, 0.3) is 5.91 Å². The summed E-state index contributed by atoms with van der Waals surface area (Å²) in [6, 6.07) is 3.45. The number of amides is 1. The number of anilines is 2. The van der Waals surface area contributed by atoms with Crippen LogP contribution < -0.4 is 10.6 Å². The van der Waals surface area contributed by atoms with E-state index in [1.54, 1.807) is 18.3 Å². The average molecular weight is 244 g/mol. The van der Waals surface area contributed by atoms with Gasteiger partial charge in [0.2, 0.25) is 5.95 Å². The lowest BCUT2D eigenvalue weighted by Crippen LogP contribution is -2.16. The lowest BCUT2D eigenvalue weighted by atomic mass is 10.3. The molecule has 0 saturated carbocycles. The van der Waals surface area contributed by atoms with Crippen molar-refractivity contribution in [2.75, 3.05) is 17.2 Å². The molecule has 0 aromatic carbocycles. The maximum atomic E-state index is 11.9. The number of carbonyl (C=O) groups is 1. The zero-order valence-electron chi connectivity index (χ0n) is 9.79. The molecule has 0 radical (unpaired) electrons. The van der Waals surface area contributed by atoms with Gasteiger partial charge >= 0.3 is 0 Å². The lowest BCUT2D eigenvalue weighted by molar-refractivity contribution is 0.102. The first-order valence-electron chi connectivity index (χ1n) is 5.44. The van der Waals surface area contributed by atoms with Crippen LogP contribution in [0.2, 0.25) is 0 Å². The Morgan fingerprint density at radius 3 is 2.89 bits per heavy atom. The molecule has 2 heterocycles. The Kier molecular flexibility index (Phi) is 3.75. The minimum absolute atomic E-state index is 0.151. The normalized spacial score (nSPS) is 9.83. The largest absolute Gasteiger partial charge is 0.385 e. The van der Waals surface area contributed by atoms with E-state index < -0.39 is 0 Å². The monoisotopic (exact) mass is 244 g/mol. The summed E-state index contributed by atoms with van der Waals surface area (Å²) in [5.74, 6) is -0.221. The van der Waals surface area contributed by atoms with Crippen molar-refractivity contribution in [3.63, 3.8) is 0 Å². The van der Waals surface area contributed by atoms with Crippen molar-refractivity contribution in [3.05, 3.63) is 36.4 Å². The second-order valence-corrected chi connectivity index (χ2v) is 3.38. The maximum Gasteiger partial charge on any atom is 0.276 e. The van der Waals surface area contributed by atoms with E-state index >= 15 is 0 Å². The molecule has 0 atom stereocenters. The standard InChI is InChI=1S/C11H12N6O/c1-2-12-8-3-4-13-9(7-8)10(18)16-11-14-5-6-15-17-11/h3-7H,2H2,1H3,(H,12,13)(H,14,16,17,18). The van der Waals surface area contributed by atoms with Gasteiger partial charge in [-0.05, 0) is 19.1 Å².